The average Bonchev–Trinajstić information content (AvgIpc) is 2.88. The fourth-order valence-electron chi connectivity index (χ4n) is 3.49. The second-order valence-corrected chi connectivity index (χ2v) is 8.24. The van der Waals surface area contributed by atoms with E-state index < -0.39 is 0 Å². The lowest BCUT2D eigenvalue weighted by Crippen LogP contribution is -2.37. The van der Waals surface area contributed by atoms with Gasteiger partial charge in [0.1, 0.15) is 16.3 Å². The highest BCUT2D eigenvalue weighted by Crippen LogP contribution is 2.49. The van der Waals surface area contributed by atoms with Gasteiger partial charge in [0.05, 0.1) is 0 Å². The Morgan fingerprint density at radius 2 is 1.90 bits per heavy atom. The number of ether oxygens (including phenoxy) is 1. The first kappa shape index (κ1) is 15.2. The van der Waals surface area contributed by atoms with Gasteiger partial charge in [-0.1, -0.05) is 13.8 Å². The fraction of sp³-hybridized carbons (Fsp3) is 0.765. The van der Waals surface area contributed by atoms with Gasteiger partial charge in [-0.3, -0.25) is 4.79 Å². The molecular formula is C17H25NO2S. The van der Waals surface area contributed by atoms with Crippen molar-refractivity contribution in [1.82, 2.24) is 4.98 Å². The Bertz CT molecular complexity index is 537. The molecule has 21 heavy (non-hydrogen) atoms. The average molecular weight is 307 g/mol. The van der Waals surface area contributed by atoms with Crippen LogP contribution in [-0.2, 0) is 16.8 Å². The zero-order valence-electron chi connectivity index (χ0n) is 13.3. The van der Waals surface area contributed by atoms with Crippen molar-refractivity contribution in [3.8, 4) is 0 Å². The summed E-state index contributed by atoms with van der Waals surface area (Å²) in [4.78, 5) is 18.0. The van der Waals surface area contributed by atoms with Crippen LogP contribution in [0.3, 0.4) is 0 Å². The van der Waals surface area contributed by atoms with Crippen LogP contribution >= 0.6 is 11.3 Å². The largest absolute Gasteiger partial charge is 0.368 e. The number of hydrogen-bond donors (Lipinski definition) is 0. The molecule has 4 heteroatoms. The zero-order valence-corrected chi connectivity index (χ0v) is 14.1. The predicted molar refractivity (Wildman–Crippen MR) is 84.9 cm³/mol. The summed E-state index contributed by atoms with van der Waals surface area (Å²) < 4.78 is 6.20. The van der Waals surface area contributed by atoms with E-state index in [2.05, 4.69) is 20.8 Å². The van der Waals surface area contributed by atoms with Crippen molar-refractivity contribution in [3.63, 3.8) is 0 Å². The lowest BCUT2D eigenvalue weighted by Gasteiger charge is -2.42. The summed E-state index contributed by atoms with van der Waals surface area (Å²) in [5.41, 5.74) is 0.894. The number of fused-ring (bicyclic) bond motifs is 1. The summed E-state index contributed by atoms with van der Waals surface area (Å²) in [6.45, 7) is 7.43. The van der Waals surface area contributed by atoms with E-state index in [-0.39, 0.29) is 11.4 Å². The molecule has 0 bridgehead atoms. The first-order chi connectivity index (χ1) is 9.96. The second kappa shape index (κ2) is 5.47. The maximum atomic E-state index is 12.1. The maximum Gasteiger partial charge on any atom is 0.182 e. The van der Waals surface area contributed by atoms with Gasteiger partial charge < -0.3 is 4.74 Å². The standard InChI is InChI=1S/C17H25NO2S/c1-4-20-17(10-8-16(2,3)9-11-17)15-18-14-12(19)6-5-7-13(14)21-15/h4-11H2,1-3H3. The molecule has 1 aromatic heterocycles. The lowest BCUT2D eigenvalue weighted by atomic mass is 9.71. The number of Topliss-reactive ketones (excluding diaryl/α,β-unsaturated/α-hetero) is 1. The van der Waals surface area contributed by atoms with Crippen LogP contribution in [-0.4, -0.2) is 17.4 Å². The monoisotopic (exact) mass is 307 g/mol. The summed E-state index contributed by atoms with van der Waals surface area (Å²) in [5, 5.41) is 1.06. The predicted octanol–water partition coefficient (Wildman–Crippen LogP) is 4.49. The summed E-state index contributed by atoms with van der Waals surface area (Å²) in [6, 6.07) is 0. The van der Waals surface area contributed by atoms with Crippen molar-refractivity contribution in [2.75, 3.05) is 6.61 Å². The van der Waals surface area contributed by atoms with Crippen molar-refractivity contribution >= 4 is 17.1 Å². The number of aryl methyl sites for hydroxylation is 1. The molecule has 116 valence electrons. The first-order valence-electron chi connectivity index (χ1n) is 8.13. The molecule has 0 radical (unpaired) electrons. The van der Waals surface area contributed by atoms with E-state index in [1.54, 1.807) is 11.3 Å². The lowest BCUT2D eigenvalue weighted by molar-refractivity contribution is -0.0890. The van der Waals surface area contributed by atoms with E-state index in [0.717, 1.165) is 49.2 Å². The zero-order chi connectivity index (χ0) is 15.1. The Kier molecular flexibility index (Phi) is 3.95. The molecule has 0 amide bonds. The summed E-state index contributed by atoms with van der Waals surface area (Å²) >= 11 is 1.73. The van der Waals surface area contributed by atoms with Crippen LogP contribution < -0.4 is 0 Å². The topological polar surface area (TPSA) is 39.2 Å². The molecular weight excluding hydrogens is 282 g/mol. The van der Waals surface area contributed by atoms with Crippen LogP contribution in [0, 0.1) is 5.41 Å². The van der Waals surface area contributed by atoms with Gasteiger partial charge in [0.25, 0.3) is 0 Å². The Balaban J connectivity index is 1.93. The van der Waals surface area contributed by atoms with E-state index in [1.165, 1.54) is 4.88 Å². The number of carbonyl (C=O) groups is 1. The number of ketones is 1. The third-order valence-corrected chi connectivity index (χ3v) is 6.29. The molecule has 0 aromatic carbocycles. The number of nitrogens with zero attached hydrogens (tertiary/aromatic N) is 1. The highest BCUT2D eigenvalue weighted by molar-refractivity contribution is 7.12. The van der Waals surface area contributed by atoms with Crippen LogP contribution in [0.1, 0.15) is 79.7 Å². The number of aromatic nitrogens is 1. The summed E-state index contributed by atoms with van der Waals surface area (Å²) in [5.74, 6) is 0.224. The summed E-state index contributed by atoms with van der Waals surface area (Å²) in [6.07, 6.45) is 7.00. The van der Waals surface area contributed by atoms with Crippen LogP contribution in [0.5, 0.6) is 0 Å². The van der Waals surface area contributed by atoms with Crippen molar-refractivity contribution in [2.45, 2.75) is 71.3 Å². The highest BCUT2D eigenvalue weighted by Gasteiger charge is 2.43. The molecule has 0 N–H and O–H groups in total. The minimum absolute atomic E-state index is 0.224. The summed E-state index contributed by atoms with van der Waals surface area (Å²) in [7, 11) is 0. The van der Waals surface area contributed by atoms with Crippen LogP contribution in [0.2, 0.25) is 0 Å². The van der Waals surface area contributed by atoms with Gasteiger partial charge in [0.2, 0.25) is 0 Å². The molecule has 1 fully saturated rings. The highest BCUT2D eigenvalue weighted by atomic mass is 32.1. The number of rotatable bonds is 3. The molecule has 1 heterocycles. The van der Waals surface area contributed by atoms with E-state index in [4.69, 9.17) is 9.72 Å². The van der Waals surface area contributed by atoms with Crippen LogP contribution in [0.4, 0.5) is 0 Å². The van der Waals surface area contributed by atoms with E-state index in [0.29, 0.717) is 18.4 Å². The van der Waals surface area contributed by atoms with Crippen molar-refractivity contribution in [3.05, 3.63) is 15.6 Å². The Labute approximate surface area is 131 Å². The molecule has 0 saturated heterocycles. The second-order valence-electron chi connectivity index (χ2n) is 7.16. The van der Waals surface area contributed by atoms with Gasteiger partial charge >= 0.3 is 0 Å². The quantitative estimate of drug-likeness (QED) is 0.825. The third kappa shape index (κ3) is 2.80. The molecule has 1 aromatic rings. The third-order valence-electron chi connectivity index (χ3n) is 4.99. The molecule has 2 aliphatic rings. The van der Waals surface area contributed by atoms with Gasteiger partial charge in [-0.05, 0) is 50.9 Å². The molecule has 0 spiro atoms. The molecule has 3 rings (SSSR count). The smallest absolute Gasteiger partial charge is 0.182 e. The van der Waals surface area contributed by atoms with Gasteiger partial charge in [-0.2, -0.15) is 0 Å². The van der Waals surface area contributed by atoms with E-state index >= 15 is 0 Å². The van der Waals surface area contributed by atoms with Gasteiger partial charge in [-0.15, -0.1) is 11.3 Å². The van der Waals surface area contributed by atoms with Gasteiger partial charge in [-0.25, -0.2) is 4.98 Å². The molecule has 2 aliphatic carbocycles. The Hall–Kier alpha value is -0.740. The molecule has 0 unspecified atom stereocenters. The van der Waals surface area contributed by atoms with E-state index in [9.17, 15) is 4.79 Å². The molecule has 3 nitrogen and oxygen atoms in total. The van der Waals surface area contributed by atoms with Gasteiger partial charge in [0.15, 0.2) is 5.78 Å². The fourth-order valence-corrected chi connectivity index (χ4v) is 4.81. The Morgan fingerprint density at radius 1 is 1.19 bits per heavy atom. The minimum Gasteiger partial charge on any atom is -0.368 e. The SMILES string of the molecule is CCOC1(c2nc3c(s2)CCCC3=O)CCC(C)(C)CC1. The van der Waals surface area contributed by atoms with Crippen molar-refractivity contribution in [1.29, 1.82) is 0 Å². The van der Waals surface area contributed by atoms with Crippen molar-refractivity contribution in [2.24, 2.45) is 5.41 Å². The number of thiazole rings is 1. The van der Waals surface area contributed by atoms with Crippen LogP contribution in [0.25, 0.3) is 0 Å². The number of hydrogen-bond acceptors (Lipinski definition) is 4. The van der Waals surface area contributed by atoms with Gasteiger partial charge in [0, 0.05) is 17.9 Å². The molecule has 1 saturated carbocycles. The Morgan fingerprint density at radius 3 is 2.52 bits per heavy atom. The normalized spacial score (nSPS) is 23.9. The maximum absolute atomic E-state index is 12.1. The minimum atomic E-state index is -0.243. The number of carbonyl (C=O) groups excluding carboxylic acids is 1. The first-order valence-corrected chi connectivity index (χ1v) is 8.95. The van der Waals surface area contributed by atoms with Crippen LogP contribution in [0.15, 0.2) is 0 Å². The van der Waals surface area contributed by atoms with E-state index in [1.807, 2.05) is 0 Å². The molecule has 0 aliphatic heterocycles. The van der Waals surface area contributed by atoms with Crippen molar-refractivity contribution < 1.29 is 9.53 Å². The molecule has 0 atom stereocenters.